The first kappa shape index (κ1) is 14.6. The molecule has 2 nitrogen and oxygen atoms in total. The first-order valence-corrected chi connectivity index (χ1v) is 7.70. The molecule has 2 aromatic carbocycles. The summed E-state index contributed by atoms with van der Waals surface area (Å²) >= 11 is 0. The Labute approximate surface area is 132 Å². The molecule has 0 aromatic heterocycles. The maximum Gasteiger partial charge on any atom is 0.188 e. The predicted octanol–water partition coefficient (Wildman–Crippen LogP) is 4.62. The number of allylic oxidation sites excluding steroid dienone is 1. The van der Waals surface area contributed by atoms with Crippen molar-refractivity contribution in [1.29, 1.82) is 0 Å². The van der Waals surface area contributed by atoms with Gasteiger partial charge >= 0.3 is 0 Å². The SMILES string of the molecule is CC1(C)C(c2ccccc2)CC(/C=C/c2ccccc2)=[N+]1[O-]. The van der Waals surface area contributed by atoms with Gasteiger partial charge in [0.1, 0.15) is 0 Å². The van der Waals surface area contributed by atoms with Crippen molar-refractivity contribution in [3.8, 4) is 0 Å². The fourth-order valence-electron chi connectivity index (χ4n) is 3.16. The average Bonchev–Trinajstić information content (AvgIpc) is 2.78. The Morgan fingerprint density at radius 3 is 2.18 bits per heavy atom. The summed E-state index contributed by atoms with van der Waals surface area (Å²) in [6.07, 6.45) is 4.76. The van der Waals surface area contributed by atoms with E-state index < -0.39 is 5.54 Å². The summed E-state index contributed by atoms with van der Waals surface area (Å²) in [4.78, 5) is 0. The van der Waals surface area contributed by atoms with Crippen molar-refractivity contribution >= 4 is 11.8 Å². The van der Waals surface area contributed by atoms with Crippen LogP contribution in [0.5, 0.6) is 0 Å². The van der Waals surface area contributed by atoms with E-state index in [9.17, 15) is 5.21 Å². The molecule has 112 valence electrons. The molecule has 0 bridgehead atoms. The summed E-state index contributed by atoms with van der Waals surface area (Å²) in [5.41, 5.74) is 2.78. The smallest absolute Gasteiger partial charge is 0.188 e. The van der Waals surface area contributed by atoms with Gasteiger partial charge < -0.3 is 5.21 Å². The van der Waals surface area contributed by atoms with Crippen LogP contribution in [0.4, 0.5) is 0 Å². The number of rotatable bonds is 3. The summed E-state index contributed by atoms with van der Waals surface area (Å²) in [7, 11) is 0. The molecule has 1 aliphatic rings. The Morgan fingerprint density at radius 2 is 1.55 bits per heavy atom. The van der Waals surface area contributed by atoms with Gasteiger partial charge in [0.2, 0.25) is 0 Å². The molecule has 22 heavy (non-hydrogen) atoms. The lowest BCUT2D eigenvalue weighted by Gasteiger charge is -2.25. The Balaban J connectivity index is 1.87. The van der Waals surface area contributed by atoms with Crippen molar-refractivity contribution in [3.63, 3.8) is 0 Å². The molecule has 0 saturated carbocycles. The second kappa shape index (κ2) is 5.80. The molecule has 0 saturated heterocycles. The van der Waals surface area contributed by atoms with Gasteiger partial charge in [-0.25, -0.2) is 4.74 Å². The average molecular weight is 291 g/mol. The molecule has 0 spiro atoms. The van der Waals surface area contributed by atoms with E-state index in [0.29, 0.717) is 0 Å². The van der Waals surface area contributed by atoms with Crippen LogP contribution in [0.2, 0.25) is 0 Å². The van der Waals surface area contributed by atoms with Crippen LogP contribution >= 0.6 is 0 Å². The van der Waals surface area contributed by atoms with Crippen molar-refractivity contribution in [1.82, 2.24) is 0 Å². The van der Waals surface area contributed by atoms with Crippen LogP contribution in [0.1, 0.15) is 37.3 Å². The molecule has 1 atom stereocenters. The highest BCUT2D eigenvalue weighted by molar-refractivity contribution is 5.96. The highest BCUT2D eigenvalue weighted by Gasteiger charge is 2.46. The maximum absolute atomic E-state index is 12.7. The zero-order valence-corrected chi connectivity index (χ0v) is 13.1. The van der Waals surface area contributed by atoms with Crippen LogP contribution in [-0.2, 0) is 0 Å². The summed E-state index contributed by atoms with van der Waals surface area (Å²) in [5, 5.41) is 12.7. The van der Waals surface area contributed by atoms with Gasteiger partial charge in [0, 0.05) is 26.3 Å². The number of hydrogen-bond donors (Lipinski definition) is 0. The Kier molecular flexibility index (Phi) is 3.84. The van der Waals surface area contributed by atoms with Crippen molar-refractivity contribution in [3.05, 3.63) is 83.1 Å². The fraction of sp³-hybridized carbons (Fsp3) is 0.250. The second-order valence-electron chi connectivity index (χ2n) is 6.35. The minimum Gasteiger partial charge on any atom is -0.623 e. The minimum atomic E-state index is -0.419. The zero-order valence-electron chi connectivity index (χ0n) is 13.1. The lowest BCUT2D eigenvalue weighted by Crippen LogP contribution is -2.34. The van der Waals surface area contributed by atoms with E-state index >= 15 is 0 Å². The lowest BCUT2D eigenvalue weighted by molar-refractivity contribution is -0.533. The molecule has 0 radical (unpaired) electrons. The zero-order chi connectivity index (χ0) is 15.6. The quantitative estimate of drug-likeness (QED) is 0.598. The number of nitrogens with zero attached hydrogens (tertiary/aromatic N) is 1. The molecule has 2 aromatic rings. The third-order valence-corrected chi connectivity index (χ3v) is 4.52. The van der Waals surface area contributed by atoms with Crippen molar-refractivity contribution < 1.29 is 4.74 Å². The monoisotopic (exact) mass is 291 g/mol. The van der Waals surface area contributed by atoms with E-state index in [0.717, 1.165) is 17.7 Å². The summed E-state index contributed by atoms with van der Waals surface area (Å²) in [5.74, 6) is 0.224. The predicted molar refractivity (Wildman–Crippen MR) is 92.0 cm³/mol. The normalized spacial score (nSPS) is 20.7. The van der Waals surface area contributed by atoms with E-state index in [-0.39, 0.29) is 5.92 Å². The van der Waals surface area contributed by atoms with Crippen LogP contribution in [0.15, 0.2) is 66.7 Å². The van der Waals surface area contributed by atoms with Crippen LogP contribution in [0.25, 0.3) is 6.08 Å². The summed E-state index contributed by atoms with van der Waals surface area (Å²) in [6.45, 7) is 4.06. The van der Waals surface area contributed by atoms with E-state index in [4.69, 9.17) is 0 Å². The van der Waals surface area contributed by atoms with Gasteiger partial charge in [-0.15, -0.1) is 0 Å². The van der Waals surface area contributed by atoms with Gasteiger partial charge in [-0.1, -0.05) is 60.7 Å². The van der Waals surface area contributed by atoms with E-state index in [1.165, 1.54) is 10.3 Å². The van der Waals surface area contributed by atoms with Gasteiger partial charge in [-0.3, -0.25) is 0 Å². The number of hydrogen-bond acceptors (Lipinski definition) is 1. The van der Waals surface area contributed by atoms with Gasteiger partial charge in [-0.05, 0) is 17.2 Å². The van der Waals surface area contributed by atoms with Crippen LogP contribution in [0, 0.1) is 5.21 Å². The van der Waals surface area contributed by atoms with E-state index in [1.807, 2.05) is 74.5 Å². The Hall–Kier alpha value is -2.35. The summed E-state index contributed by atoms with van der Waals surface area (Å²) < 4.78 is 1.18. The van der Waals surface area contributed by atoms with Gasteiger partial charge in [0.15, 0.2) is 11.3 Å². The molecule has 1 unspecified atom stereocenters. The lowest BCUT2D eigenvalue weighted by atomic mass is 9.82. The molecule has 0 aliphatic carbocycles. The first-order chi connectivity index (χ1) is 10.6. The van der Waals surface area contributed by atoms with Gasteiger partial charge in [-0.2, -0.15) is 0 Å². The van der Waals surface area contributed by atoms with Crippen molar-refractivity contribution in [2.24, 2.45) is 0 Å². The Morgan fingerprint density at radius 1 is 0.955 bits per heavy atom. The van der Waals surface area contributed by atoms with E-state index in [1.54, 1.807) is 0 Å². The maximum atomic E-state index is 12.7. The third-order valence-electron chi connectivity index (χ3n) is 4.52. The highest BCUT2D eigenvalue weighted by atomic mass is 16.5. The van der Waals surface area contributed by atoms with Crippen LogP contribution in [-0.4, -0.2) is 16.0 Å². The second-order valence-corrected chi connectivity index (χ2v) is 6.35. The molecule has 0 fully saturated rings. The topological polar surface area (TPSA) is 26.1 Å². The summed E-state index contributed by atoms with van der Waals surface area (Å²) in [6, 6.07) is 20.4. The largest absolute Gasteiger partial charge is 0.623 e. The molecular formula is C20H21NO. The first-order valence-electron chi connectivity index (χ1n) is 7.70. The molecule has 1 aliphatic heterocycles. The standard InChI is InChI=1S/C20H21NO/c1-20(2)19(17-11-7-4-8-12-17)15-18(21(20)22)14-13-16-9-5-3-6-10-16/h3-14,19H,15H2,1-2H3/b14-13+. The fourth-order valence-corrected chi connectivity index (χ4v) is 3.16. The van der Waals surface area contributed by atoms with Gasteiger partial charge in [0.25, 0.3) is 0 Å². The number of hydroxylamine groups is 1. The molecule has 0 N–H and O–H groups in total. The van der Waals surface area contributed by atoms with Crippen molar-refractivity contribution in [2.75, 3.05) is 0 Å². The molecule has 1 heterocycles. The van der Waals surface area contributed by atoms with Crippen LogP contribution < -0.4 is 0 Å². The molecule has 2 heteroatoms. The molecule has 3 rings (SSSR count). The minimum absolute atomic E-state index is 0.224. The van der Waals surface area contributed by atoms with E-state index in [2.05, 4.69) is 12.1 Å². The van der Waals surface area contributed by atoms with Gasteiger partial charge in [0.05, 0.1) is 5.92 Å². The molecule has 0 amide bonds. The van der Waals surface area contributed by atoms with Crippen LogP contribution in [0.3, 0.4) is 0 Å². The molecular weight excluding hydrogens is 270 g/mol. The number of benzene rings is 2. The Bertz CT molecular complexity index is 699. The van der Waals surface area contributed by atoms with Crippen molar-refractivity contribution in [2.45, 2.75) is 31.7 Å². The third kappa shape index (κ3) is 2.69. The highest BCUT2D eigenvalue weighted by Crippen LogP contribution is 2.39.